The molecule has 0 bridgehead atoms. The third kappa shape index (κ3) is 4.43. The molecule has 0 atom stereocenters. The Morgan fingerprint density at radius 2 is 2.00 bits per heavy atom. The van der Waals surface area contributed by atoms with Crippen LogP contribution in [0.4, 0.5) is 0 Å². The molecule has 0 aromatic carbocycles. The van der Waals surface area contributed by atoms with Gasteiger partial charge in [0, 0.05) is 19.1 Å². The van der Waals surface area contributed by atoms with Crippen molar-refractivity contribution in [3.8, 4) is 0 Å². The molecule has 1 N–H and O–H groups in total. The van der Waals surface area contributed by atoms with Crippen LogP contribution < -0.4 is 5.32 Å². The van der Waals surface area contributed by atoms with Gasteiger partial charge in [0.25, 0.3) is 0 Å². The summed E-state index contributed by atoms with van der Waals surface area (Å²) >= 11 is 0. The number of likely N-dealkylation sites (N-methyl/N-ethyl adjacent to an activating group) is 2. The van der Waals surface area contributed by atoms with E-state index in [1.807, 2.05) is 7.05 Å². The average Bonchev–Trinajstić information content (AvgIpc) is 1.82. The summed E-state index contributed by atoms with van der Waals surface area (Å²) in [6.07, 6.45) is 0. The van der Waals surface area contributed by atoms with E-state index in [4.69, 9.17) is 0 Å². The first-order valence-electron chi connectivity index (χ1n) is 3.53. The molecule has 0 aliphatic rings. The van der Waals surface area contributed by atoms with Crippen molar-refractivity contribution in [2.45, 2.75) is 19.9 Å². The lowest BCUT2D eigenvalue weighted by molar-refractivity contribution is 0.276. The largest absolute Gasteiger partial charge is 0.318 e. The first-order valence-corrected chi connectivity index (χ1v) is 3.53. The summed E-state index contributed by atoms with van der Waals surface area (Å²) in [6, 6.07) is 0.665. The summed E-state index contributed by atoms with van der Waals surface area (Å²) in [5.74, 6) is 0. The lowest BCUT2D eigenvalue weighted by Gasteiger charge is -2.20. The standard InChI is InChI=1S/C7H18N2/c1-7(2)9(4)6-5-8-3/h7-8H,5-6H2,1-4H3. The summed E-state index contributed by atoms with van der Waals surface area (Å²) in [7, 11) is 4.12. The molecule has 0 amide bonds. The van der Waals surface area contributed by atoms with Crippen LogP contribution in [0, 0.1) is 0 Å². The van der Waals surface area contributed by atoms with Crippen molar-refractivity contribution < 1.29 is 0 Å². The lowest BCUT2D eigenvalue weighted by atomic mass is 10.3. The second-order valence-corrected chi connectivity index (χ2v) is 2.68. The second kappa shape index (κ2) is 4.77. The van der Waals surface area contributed by atoms with E-state index in [2.05, 4.69) is 31.1 Å². The number of nitrogens with one attached hydrogen (secondary N) is 1. The summed E-state index contributed by atoms with van der Waals surface area (Å²) in [5.41, 5.74) is 0. The molecule has 0 heterocycles. The molecule has 0 aromatic heterocycles. The first kappa shape index (κ1) is 8.92. The molecule has 0 radical (unpaired) electrons. The van der Waals surface area contributed by atoms with Gasteiger partial charge in [0.2, 0.25) is 0 Å². The van der Waals surface area contributed by atoms with Crippen LogP contribution in [0.2, 0.25) is 0 Å². The van der Waals surface area contributed by atoms with Crippen LogP contribution in [-0.4, -0.2) is 38.1 Å². The van der Waals surface area contributed by atoms with E-state index in [0.717, 1.165) is 13.1 Å². The van der Waals surface area contributed by atoms with Crippen molar-refractivity contribution in [2.24, 2.45) is 0 Å². The van der Waals surface area contributed by atoms with Gasteiger partial charge in [-0.1, -0.05) is 0 Å². The van der Waals surface area contributed by atoms with E-state index < -0.39 is 0 Å². The Labute approximate surface area is 58.2 Å². The minimum atomic E-state index is 0.665. The second-order valence-electron chi connectivity index (χ2n) is 2.68. The number of rotatable bonds is 4. The molecule has 2 heteroatoms. The minimum absolute atomic E-state index is 0.665. The van der Waals surface area contributed by atoms with Gasteiger partial charge in [-0.3, -0.25) is 0 Å². The van der Waals surface area contributed by atoms with Crippen LogP contribution in [0.25, 0.3) is 0 Å². The third-order valence-electron chi connectivity index (χ3n) is 1.60. The fourth-order valence-electron chi connectivity index (χ4n) is 0.546. The zero-order valence-electron chi connectivity index (χ0n) is 6.94. The number of hydrogen-bond acceptors (Lipinski definition) is 2. The van der Waals surface area contributed by atoms with Crippen molar-refractivity contribution in [3.63, 3.8) is 0 Å². The molecular weight excluding hydrogens is 112 g/mol. The maximum atomic E-state index is 3.11. The average molecular weight is 130 g/mol. The van der Waals surface area contributed by atoms with Crippen LogP contribution in [0.3, 0.4) is 0 Å². The molecule has 0 rings (SSSR count). The van der Waals surface area contributed by atoms with Gasteiger partial charge < -0.3 is 10.2 Å². The van der Waals surface area contributed by atoms with E-state index in [1.165, 1.54) is 0 Å². The van der Waals surface area contributed by atoms with Crippen LogP contribution in [0.15, 0.2) is 0 Å². The topological polar surface area (TPSA) is 15.3 Å². The van der Waals surface area contributed by atoms with E-state index in [9.17, 15) is 0 Å². The van der Waals surface area contributed by atoms with Crippen molar-refractivity contribution >= 4 is 0 Å². The first-order chi connectivity index (χ1) is 4.18. The highest BCUT2D eigenvalue weighted by Gasteiger charge is 1.99. The maximum absolute atomic E-state index is 3.11. The van der Waals surface area contributed by atoms with Crippen LogP contribution >= 0.6 is 0 Å². The third-order valence-corrected chi connectivity index (χ3v) is 1.60. The van der Waals surface area contributed by atoms with Gasteiger partial charge in [0.1, 0.15) is 0 Å². The van der Waals surface area contributed by atoms with Gasteiger partial charge >= 0.3 is 0 Å². The van der Waals surface area contributed by atoms with Crippen LogP contribution in [-0.2, 0) is 0 Å². The Morgan fingerprint density at radius 1 is 1.44 bits per heavy atom. The molecule has 9 heavy (non-hydrogen) atoms. The summed E-state index contributed by atoms with van der Waals surface area (Å²) in [5, 5.41) is 3.11. The van der Waals surface area contributed by atoms with E-state index in [0.29, 0.717) is 6.04 Å². The van der Waals surface area contributed by atoms with Crippen molar-refractivity contribution in [1.29, 1.82) is 0 Å². The fourth-order valence-corrected chi connectivity index (χ4v) is 0.546. The highest BCUT2D eigenvalue weighted by atomic mass is 15.1. The maximum Gasteiger partial charge on any atom is 0.0106 e. The van der Waals surface area contributed by atoms with Gasteiger partial charge in [-0.25, -0.2) is 0 Å². The Kier molecular flexibility index (Phi) is 4.72. The molecule has 2 nitrogen and oxygen atoms in total. The predicted octanol–water partition coefficient (Wildman–Crippen LogP) is 0.546. The SMILES string of the molecule is CNCCN(C)C(C)C. The van der Waals surface area contributed by atoms with Gasteiger partial charge in [0.15, 0.2) is 0 Å². The molecule has 0 unspecified atom stereocenters. The molecule has 0 aliphatic carbocycles. The predicted molar refractivity (Wildman–Crippen MR) is 41.7 cm³/mol. The van der Waals surface area contributed by atoms with Gasteiger partial charge in [-0.2, -0.15) is 0 Å². The Hall–Kier alpha value is -0.0800. The Morgan fingerprint density at radius 3 is 2.33 bits per heavy atom. The number of hydrogen-bond donors (Lipinski definition) is 1. The summed E-state index contributed by atoms with van der Waals surface area (Å²) in [4.78, 5) is 2.32. The molecule has 0 saturated carbocycles. The molecular formula is C7H18N2. The zero-order chi connectivity index (χ0) is 7.28. The molecule has 0 spiro atoms. The fraction of sp³-hybridized carbons (Fsp3) is 1.00. The van der Waals surface area contributed by atoms with Gasteiger partial charge in [-0.15, -0.1) is 0 Å². The van der Waals surface area contributed by atoms with Crippen molar-refractivity contribution in [2.75, 3.05) is 27.2 Å². The van der Waals surface area contributed by atoms with Crippen molar-refractivity contribution in [1.82, 2.24) is 10.2 Å². The van der Waals surface area contributed by atoms with Crippen LogP contribution in [0.1, 0.15) is 13.8 Å². The van der Waals surface area contributed by atoms with E-state index >= 15 is 0 Å². The van der Waals surface area contributed by atoms with Gasteiger partial charge in [0.05, 0.1) is 0 Å². The molecule has 0 aromatic rings. The van der Waals surface area contributed by atoms with Crippen LogP contribution in [0.5, 0.6) is 0 Å². The monoisotopic (exact) mass is 130 g/mol. The smallest absolute Gasteiger partial charge is 0.0106 e. The molecule has 0 saturated heterocycles. The van der Waals surface area contributed by atoms with E-state index in [1.54, 1.807) is 0 Å². The lowest BCUT2D eigenvalue weighted by Crippen LogP contribution is -2.32. The Balaban J connectivity index is 3.16. The van der Waals surface area contributed by atoms with Crippen molar-refractivity contribution in [3.05, 3.63) is 0 Å². The van der Waals surface area contributed by atoms with E-state index in [-0.39, 0.29) is 0 Å². The normalized spacial score (nSPS) is 11.3. The quantitative estimate of drug-likeness (QED) is 0.597. The zero-order valence-corrected chi connectivity index (χ0v) is 6.94. The Bertz CT molecular complexity index is 61.9. The highest BCUT2D eigenvalue weighted by molar-refractivity contribution is 4.56. The molecule has 0 aliphatic heterocycles. The van der Waals surface area contributed by atoms with Gasteiger partial charge in [-0.05, 0) is 27.9 Å². The molecule has 0 fully saturated rings. The highest BCUT2D eigenvalue weighted by Crippen LogP contribution is 1.89. The summed E-state index contributed by atoms with van der Waals surface area (Å²) < 4.78 is 0. The molecule has 56 valence electrons. The number of nitrogens with zero attached hydrogens (tertiary/aromatic N) is 1. The minimum Gasteiger partial charge on any atom is -0.318 e. The summed E-state index contributed by atoms with van der Waals surface area (Å²) in [6.45, 7) is 6.62.